The second-order valence-electron chi connectivity index (χ2n) is 8.12. The van der Waals surface area contributed by atoms with Crippen LogP contribution in [0.25, 0.3) is 0 Å². The van der Waals surface area contributed by atoms with Crippen molar-refractivity contribution in [2.75, 3.05) is 11.1 Å². The Bertz CT molecular complexity index is 1300. The molecular weight excluding hydrogens is 548 g/mol. The molecule has 2 aromatic heterocycles. The topological polar surface area (TPSA) is 113 Å². The van der Waals surface area contributed by atoms with E-state index in [9.17, 15) is 14.9 Å². The number of fused-ring (bicyclic) bond motifs is 1. The summed E-state index contributed by atoms with van der Waals surface area (Å²) in [4.78, 5) is 26.6. The van der Waals surface area contributed by atoms with Gasteiger partial charge in [0.1, 0.15) is 11.1 Å². The molecule has 8 nitrogen and oxygen atoms in total. The zero-order chi connectivity index (χ0) is 24.9. The smallest absolute Gasteiger partial charge is 0.253 e. The predicted molar refractivity (Wildman–Crippen MR) is 141 cm³/mol. The highest BCUT2D eigenvalue weighted by Crippen LogP contribution is 2.37. The molecule has 1 aromatic carbocycles. The maximum Gasteiger partial charge on any atom is 0.253 e. The molecule has 2 amide bonds. The molecule has 0 spiro atoms. The lowest BCUT2D eigenvalue weighted by Gasteiger charge is -2.15. The number of nitrogens with zero attached hydrogens (tertiary/aromatic N) is 4. The van der Waals surface area contributed by atoms with E-state index in [0.29, 0.717) is 33.7 Å². The number of aromatic nitrogens is 3. The van der Waals surface area contributed by atoms with Gasteiger partial charge in [-0.15, -0.1) is 21.5 Å². The fourth-order valence-corrected chi connectivity index (χ4v) is 6.60. The molecule has 182 valence electrons. The van der Waals surface area contributed by atoms with E-state index >= 15 is 0 Å². The molecule has 3 aromatic rings. The van der Waals surface area contributed by atoms with E-state index in [0.717, 1.165) is 35.7 Å². The minimum absolute atomic E-state index is 0.142. The SMILES string of the molecule is CCn1c(SCC(=O)Nc2sc3c(c2C#N)CCCC3)nnc1[C@H](C)NC(=O)c1ccccc1Br. The molecule has 2 N–H and O–H groups in total. The van der Waals surface area contributed by atoms with Crippen molar-refractivity contribution in [1.82, 2.24) is 20.1 Å². The summed E-state index contributed by atoms with van der Waals surface area (Å²) < 4.78 is 2.61. The summed E-state index contributed by atoms with van der Waals surface area (Å²) in [6, 6.07) is 9.13. The zero-order valence-corrected chi connectivity index (χ0v) is 22.6. The molecular formula is C24H25BrN6O2S2. The number of carbonyl (C=O) groups excluding carboxylic acids is 2. The quantitative estimate of drug-likeness (QED) is 0.363. The maximum absolute atomic E-state index is 12.7. The van der Waals surface area contributed by atoms with Gasteiger partial charge in [-0.05, 0) is 73.2 Å². The number of halogens is 1. The van der Waals surface area contributed by atoms with Crippen molar-refractivity contribution in [3.05, 3.63) is 56.1 Å². The molecule has 0 radical (unpaired) electrons. The molecule has 0 saturated carbocycles. The van der Waals surface area contributed by atoms with Crippen molar-refractivity contribution in [2.24, 2.45) is 0 Å². The number of rotatable bonds is 8. The maximum atomic E-state index is 12.7. The van der Waals surface area contributed by atoms with Gasteiger partial charge in [-0.25, -0.2) is 0 Å². The minimum atomic E-state index is -0.374. The van der Waals surface area contributed by atoms with Crippen molar-refractivity contribution in [1.29, 1.82) is 5.26 Å². The normalized spacial score (nSPS) is 13.5. The van der Waals surface area contributed by atoms with Gasteiger partial charge in [0.15, 0.2) is 11.0 Å². The monoisotopic (exact) mass is 572 g/mol. The van der Waals surface area contributed by atoms with Crippen LogP contribution >= 0.6 is 39.0 Å². The Morgan fingerprint density at radius 1 is 1.29 bits per heavy atom. The molecule has 0 bridgehead atoms. The van der Waals surface area contributed by atoms with Gasteiger partial charge in [0.05, 0.1) is 22.9 Å². The summed E-state index contributed by atoms with van der Waals surface area (Å²) in [5.41, 5.74) is 2.25. The molecule has 2 heterocycles. The standard InChI is InChI=1S/C24H25BrN6O2S2/c1-3-31-21(14(2)27-22(33)16-9-4-6-10-18(16)25)29-30-24(31)34-13-20(32)28-23-17(12-26)15-8-5-7-11-19(15)35-23/h4,6,9-10,14H,3,5,7-8,11,13H2,1-2H3,(H,27,33)(H,28,32)/t14-/m0/s1. The van der Waals surface area contributed by atoms with Crippen LogP contribution in [0.3, 0.4) is 0 Å². The lowest BCUT2D eigenvalue weighted by atomic mass is 9.96. The summed E-state index contributed by atoms with van der Waals surface area (Å²) >= 11 is 6.20. The first-order valence-electron chi connectivity index (χ1n) is 11.4. The number of aryl methyl sites for hydroxylation is 1. The second kappa shape index (κ2) is 11.4. The van der Waals surface area contributed by atoms with Crippen LogP contribution in [0.5, 0.6) is 0 Å². The number of nitriles is 1. The number of hydrogen-bond donors (Lipinski definition) is 2. The molecule has 4 rings (SSSR count). The zero-order valence-electron chi connectivity index (χ0n) is 19.4. The second-order valence-corrected chi connectivity index (χ2v) is 11.0. The third-order valence-electron chi connectivity index (χ3n) is 5.78. The fourth-order valence-electron chi connectivity index (χ4n) is 4.07. The number of anilines is 1. The number of hydrogen-bond acceptors (Lipinski definition) is 7. The van der Waals surface area contributed by atoms with Crippen LogP contribution in [0.2, 0.25) is 0 Å². The number of amides is 2. The number of thioether (sulfide) groups is 1. The highest BCUT2D eigenvalue weighted by molar-refractivity contribution is 9.10. The van der Waals surface area contributed by atoms with Gasteiger partial charge >= 0.3 is 0 Å². The van der Waals surface area contributed by atoms with E-state index < -0.39 is 0 Å². The van der Waals surface area contributed by atoms with Crippen LogP contribution < -0.4 is 10.6 Å². The summed E-state index contributed by atoms with van der Waals surface area (Å²) in [6.07, 6.45) is 4.07. The van der Waals surface area contributed by atoms with Gasteiger partial charge < -0.3 is 15.2 Å². The molecule has 1 atom stereocenters. The van der Waals surface area contributed by atoms with E-state index in [2.05, 4.69) is 42.8 Å². The molecule has 35 heavy (non-hydrogen) atoms. The summed E-state index contributed by atoms with van der Waals surface area (Å²) in [7, 11) is 0. The van der Waals surface area contributed by atoms with Crippen molar-refractivity contribution in [2.45, 2.75) is 57.3 Å². The van der Waals surface area contributed by atoms with Gasteiger partial charge in [0.25, 0.3) is 5.91 Å². The average Bonchev–Trinajstić information content (AvgIpc) is 3.43. The molecule has 0 saturated heterocycles. The van der Waals surface area contributed by atoms with Gasteiger partial charge in [0.2, 0.25) is 5.91 Å². The Morgan fingerprint density at radius 3 is 2.80 bits per heavy atom. The number of nitrogens with one attached hydrogen (secondary N) is 2. The lowest BCUT2D eigenvalue weighted by Crippen LogP contribution is -2.29. The van der Waals surface area contributed by atoms with Crippen LogP contribution in [0, 0.1) is 11.3 Å². The molecule has 0 unspecified atom stereocenters. The Morgan fingerprint density at radius 2 is 2.06 bits per heavy atom. The largest absolute Gasteiger partial charge is 0.342 e. The predicted octanol–water partition coefficient (Wildman–Crippen LogP) is 5.09. The van der Waals surface area contributed by atoms with Crippen molar-refractivity contribution in [3.8, 4) is 6.07 Å². The summed E-state index contributed by atoms with van der Waals surface area (Å²) in [5, 5.41) is 25.3. The van der Waals surface area contributed by atoms with Crippen LogP contribution in [0.15, 0.2) is 33.9 Å². The van der Waals surface area contributed by atoms with Crippen molar-refractivity contribution < 1.29 is 9.59 Å². The minimum Gasteiger partial charge on any atom is -0.342 e. The van der Waals surface area contributed by atoms with E-state index in [4.69, 9.17) is 0 Å². The van der Waals surface area contributed by atoms with Crippen LogP contribution in [-0.4, -0.2) is 32.3 Å². The van der Waals surface area contributed by atoms with Gasteiger partial charge in [-0.2, -0.15) is 5.26 Å². The first kappa shape index (κ1) is 25.4. The van der Waals surface area contributed by atoms with Crippen LogP contribution in [-0.2, 0) is 24.2 Å². The molecule has 1 aliphatic rings. The van der Waals surface area contributed by atoms with E-state index in [1.54, 1.807) is 6.07 Å². The van der Waals surface area contributed by atoms with Crippen molar-refractivity contribution in [3.63, 3.8) is 0 Å². The van der Waals surface area contributed by atoms with E-state index in [-0.39, 0.29) is 23.6 Å². The lowest BCUT2D eigenvalue weighted by molar-refractivity contribution is -0.113. The van der Waals surface area contributed by atoms with E-state index in [1.807, 2.05) is 36.6 Å². The molecule has 0 aliphatic heterocycles. The first-order valence-corrected chi connectivity index (χ1v) is 14.0. The Balaban J connectivity index is 1.40. The summed E-state index contributed by atoms with van der Waals surface area (Å²) in [6.45, 7) is 4.42. The third kappa shape index (κ3) is 5.60. The Kier molecular flexibility index (Phi) is 8.26. The van der Waals surface area contributed by atoms with Gasteiger partial charge in [-0.1, -0.05) is 23.9 Å². The van der Waals surface area contributed by atoms with Crippen molar-refractivity contribution >= 4 is 55.8 Å². The molecule has 11 heteroatoms. The van der Waals surface area contributed by atoms with Gasteiger partial charge in [-0.3, -0.25) is 9.59 Å². The highest BCUT2D eigenvalue weighted by atomic mass is 79.9. The van der Waals surface area contributed by atoms with Crippen LogP contribution in [0.1, 0.15) is 64.9 Å². The first-order chi connectivity index (χ1) is 16.9. The van der Waals surface area contributed by atoms with Crippen LogP contribution in [0.4, 0.5) is 5.00 Å². The third-order valence-corrected chi connectivity index (χ3v) is 8.65. The average molecular weight is 574 g/mol. The Labute approximate surface area is 220 Å². The number of benzene rings is 1. The number of thiophene rings is 1. The fraction of sp³-hybridized carbons (Fsp3) is 0.375. The van der Waals surface area contributed by atoms with Gasteiger partial charge in [0, 0.05) is 15.9 Å². The Hall–Kier alpha value is -2.68. The molecule has 1 aliphatic carbocycles. The highest BCUT2D eigenvalue weighted by Gasteiger charge is 2.23. The van der Waals surface area contributed by atoms with E-state index in [1.165, 1.54) is 28.0 Å². The number of carbonyl (C=O) groups is 2. The molecule has 0 fully saturated rings. The summed E-state index contributed by atoms with van der Waals surface area (Å²) in [5.74, 6) is 0.362.